The molecule has 0 atom stereocenters. The second-order valence-electron chi connectivity index (χ2n) is 3.51. The van der Waals surface area contributed by atoms with Gasteiger partial charge in [0.1, 0.15) is 0 Å². The lowest BCUT2D eigenvalue weighted by atomic mass is 10.0. The monoisotopic (exact) mass is 182 g/mol. The maximum absolute atomic E-state index is 11.6. The molecule has 0 amide bonds. The second-order valence-corrected chi connectivity index (χ2v) is 5.98. The molecule has 0 saturated carbocycles. The van der Waals surface area contributed by atoms with Gasteiger partial charge in [0, 0.05) is 0 Å². The van der Waals surface area contributed by atoms with Crippen LogP contribution in [0.2, 0.25) is 0 Å². The van der Waals surface area contributed by atoms with Gasteiger partial charge in [-0.3, -0.25) is 0 Å². The largest absolute Gasteiger partial charge is 0.223 e. The number of rotatable bonds is 0. The van der Waals surface area contributed by atoms with Crippen LogP contribution >= 0.6 is 0 Å². The first-order chi connectivity index (χ1) is 5.48. The molecule has 0 unspecified atom stereocenters. The van der Waals surface area contributed by atoms with Crippen LogP contribution in [0.5, 0.6) is 0 Å². The fraction of sp³-hybridized carbons (Fsp3) is 0.333. The van der Waals surface area contributed by atoms with Crippen molar-refractivity contribution in [2.75, 3.05) is 0 Å². The summed E-state index contributed by atoms with van der Waals surface area (Å²) in [6.45, 7) is 3.48. The Bertz CT molecular complexity index is 430. The van der Waals surface area contributed by atoms with Crippen molar-refractivity contribution in [3.8, 4) is 0 Å². The fourth-order valence-corrected chi connectivity index (χ4v) is 3.31. The van der Waals surface area contributed by atoms with E-state index < -0.39 is 14.6 Å². The summed E-state index contributed by atoms with van der Waals surface area (Å²) < 4.78 is 22.4. The van der Waals surface area contributed by atoms with Gasteiger partial charge in [-0.1, -0.05) is 18.2 Å². The van der Waals surface area contributed by atoms with Crippen molar-refractivity contribution in [2.45, 2.75) is 23.5 Å². The summed E-state index contributed by atoms with van der Waals surface area (Å²) in [5.74, 6) is 0. The molecule has 0 aromatic heterocycles. The van der Waals surface area contributed by atoms with Crippen molar-refractivity contribution in [3.05, 3.63) is 29.8 Å². The molecule has 64 valence electrons. The minimum atomic E-state index is -3.02. The van der Waals surface area contributed by atoms with E-state index in [0.29, 0.717) is 4.90 Å². The first kappa shape index (κ1) is 7.80. The first-order valence-corrected chi connectivity index (χ1v) is 5.30. The van der Waals surface area contributed by atoms with Gasteiger partial charge in [-0.2, -0.15) is 0 Å². The molecule has 1 aliphatic rings. The maximum Gasteiger partial charge on any atom is 0.188 e. The maximum atomic E-state index is 11.6. The molecule has 2 nitrogen and oxygen atoms in total. The third-order valence-electron chi connectivity index (χ3n) is 2.50. The summed E-state index contributed by atoms with van der Waals surface area (Å²) in [6, 6.07) is 7.16. The third-order valence-corrected chi connectivity index (χ3v) is 5.00. The van der Waals surface area contributed by atoms with Crippen molar-refractivity contribution in [1.29, 1.82) is 0 Å². The zero-order chi connectivity index (χ0) is 8.98. The second kappa shape index (κ2) is 1.91. The highest BCUT2D eigenvalue weighted by atomic mass is 32.2. The number of hydrogen-bond donors (Lipinski definition) is 0. The number of hydrogen-bond acceptors (Lipinski definition) is 2. The average Bonchev–Trinajstić information content (AvgIpc) is 2.04. The molecule has 0 spiro atoms. The Morgan fingerprint density at radius 1 is 1.17 bits per heavy atom. The van der Waals surface area contributed by atoms with Crippen LogP contribution in [-0.4, -0.2) is 8.42 Å². The van der Waals surface area contributed by atoms with Crippen LogP contribution in [0.4, 0.5) is 0 Å². The minimum Gasteiger partial charge on any atom is -0.223 e. The van der Waals surface area contributed by atoms with Gasteiger partial charge in [-0.25, -0.2) is 8.42 Å². The molecule has 0 bridgehead atoms. The summed E-state index contributed by atoms with van der Waals surface area (Å²) >= 11 is 0. The van der Waals surface area contributed by atoms with Crippen LogP contribution in [0.1, 0.15) is 19.4 Å². The van der Waals surface area contributed by atoms with E-state index >= 15 is 0 Å². The molecule has 0 saturated heterocycles. The molecule has 1 aromatic carbocycles. The van der Waals surface area contributed by atoms with Crippen LogP contribution in [0.15, 0.2) is 29.2 Å². The van der Waals surface area contributed by atoms with Crippen molar-refractivity contribution < 1.29 is 8.42 Å². The normalized spacial score (nSPS) is 22.5. The Balaban J connectivity index is 2.81. The quantitative estimate of drug-likeness (QED) is 0.612. The van der Waals surface area contributed by atoms with Crippen molar-refractivity contribution in [2.24, 2.45) is 0 Å². The molecular weight excluding hydrogens is 172 g/mol. The van der Waals surface area contributed by atoms with Crippen molar-refractivity contribution in [1.82, 2.24) is 0 Å². The van der Waals surface area contributed by atoms with Gasteiger partial charge >= 0.3 is 0 Å². The minimum absolute atomic E-state index is 0.495. The van der Waals surface area contributed by atoms with E-state index in [1.165, 1.54) is 0 Å². The summed E-state index contributed by atoms with van der Waals surface area (Å²) in [7, 11) is -3.02. The number of fused-ring (bicyclic) bond motifs is 1. The lowest BCUT2D eigenvalue weighted by molar-refractivity contribution is 0.526. The van der Waals surface area contributed by atoms with Crippen LogP contribution in [-0.2, 0) is 14.6 Å². The number of benzene rings is 1. The zero-order valence-electron chi connectivity index (χ0n) is 7.03. The molecular formula is C9H10O2S. The van der Waals surface area contributed by atoms with Crippen molar-refractivity contribution >= 4 is 9.84 Å². The summed E-state index contributed by atoms with van der Waals surface area (Å²) in [5.41, 5.74) is 0.935. The zero-order valence-corrected chi connectivity index (χ0v) is 7.85. The topological polar surface area (TPSA) is 34.1 Å². The molecule has 1 heterocycles. The highest BCUT2D eigenvalue weighted by Crippen LogP contribution is 2.47. The van der Waals surface area contributed by atoms with E-state index in [1.54, 1.807) is 26.0 Å². The van der Waals surface area contributed by atoms with E-state index in [4.69, 9.17) is 0 Å². The molecule has 0 radical (unpaired) electrons. The van der Waals surface area contributed by atoms with Crippen LogP contribution in [0, 0.1) is 0 Å². The Hall–Kier alpha value is -0.830. The molecule has 0 aliphatic carbocycles. The van der Waals surface area contributed by atoms with Gasteiger partial charge < -0.3 is 0 Å². The average molecular weight is 182 g/mol. The Morgan fingerprint density at radius 3 is 2.33 bits per heavy atom. The van der Waals surface area contributed by atoms with E-state index in [1.807, 2.05) is 12.1 Å². The molecule has 1 aromatic rings. The van der Waals surface area contributed by atoms with Gasteiger partial charge in [0.05, 0.1) is 9.64 Å². The van der Waals surface area contributed by atoms with Gasteiger partial charge in [0.15, 0.2) is 9.84 Å². The summed E-state index contributed by atoms with van der Waals surface area (Å²) in [4.78, 5) is 0.495. The third kappa shape index (κ3) is 0.630. The van der Waals surface area contributed by atoms with E-state index in [9.17, 15) is 8.42 Å². The SMILES string of the molecule is CC1(C)c2ccccc2S1(=O)=O. The van der Waals surface area contributed by atoms with E-state index in [2.05, 4.69) is 0 Å². The standard InChI is InChI=1S/C9H10O2S/c1-9(2)7-5-3-4-6-8(7)12(9,10)11/h3-6H,1-2H3. The summed E-state index contributed by atoms with van der Waals surface area (Å²) in [6.07, 6.45) is 0. The van der Waals surface area contributed by atoms with E-state index in [0.717, 1.165) is 5.56 Å². The predicted octanol–water partition coefficient (Wildman–Crippen LogP) is 1.71. The summed E-state index contributed by atoms with van der Waals surface area (Å²) in [5, 5.41) is 0. The van der Waals surface area contributed by atoms with Crippen LogP contribution in [0.25, 0.3) is 0 Å². The van der Waals surface area contributed by atoms with E-state index in [-0.39, 0.29) is 0 Å². The molecule has 1 aliphatic heterocycles. The van der Waals surface area contributed by atoms with Gasteiger partial charge in [-0.05, 0) is 25.5 Å². The predicted molar refractivity (Wildman–Crippen MR) is 46.7 cm³/mol. The highest BCUT2D eigenvalue weighted by molar-refractivity contribution is 7.93. The van der Waals surface area contributed by atoms with Gasteiger partial charge in [0.2, 0.25) is 0 Å². The Morgan fingerprint density at radius 2 is 1.75 bits per heavy atom. The molecule has 0 fully saturated rings. The fourth-order valence-electron chi connectivity index (χ4n) is 1.57. The lowest BCUT2D eigenvalue weighted by Gasteiger charge is -2.36. The highest BCUT2D eigenvalue weighted by Gasteiger charge is 2.49. The van der Waals surface area contributed by atoms with Crippen LogP contribution in [0.3, 0.4) is 0 Å². The lowest BCUT2D eigenvalue weighted by Crippen LogP contribution is -2.40. The van der Waals surface area contributed by atoms with Crippen molar-refractivity contribution in [3.63, 3.8) is 0 Å². The number of sulfone groups is 1. The first-order valence-electron chi connectivity index (χ1n) is 3.82. The molecule has 2 rings (SSSR count). The smallest absolute Gasteiger partial charge is 0.188 e. The Labute approximate surface area is 72.1 Å². The molecule has 0 N–H and O–H groups in total. The van der Waals surface area contributed by atoms with Gasteiger partial charge in [-0.15, -0.1) is 0 Å². The van der Waals surface area contributed by atoms with Gasteiger partial charge in [0.25, 0.3) is 0 Å². The molecule has 3 heteroatoms. The molecule has 12 heavy (non-hydrogen) atoms. The Kier molecular flexibility index (Phi) is 1.24. The van der Waals surface area contributed by atoms with Crippen LogP contribution < -0.4 is 0 Å².